The number of benzene rings is 2. The Bertz CT molecular complexity index is 1600. The van der Waals surface area contributed by atoms with Crippen LogP contribution in [0.2, 0.25) is 0 Å². The summed E-state index contributed by atoms with van der Waals surface area (Å²) in [7, 11) is 0. The first-order valence-corrected chi connectivity index (χ1v) is 10.4. The van der Waals surface area contributed by atoms with Crippen LogP contribution in [0.1, 0.15) is 54.9 Å². The van der Waals surface area contributed by atoms with Crippen LogP contribution in [-0.4, -0.2) is 59.9 Å². The summed E-state index contributed by atoms with van der Waals surface area (Å²) in [5, 5.41) is 4.66. The average molecular weight is 460 g/mol. The fourth-order valence-corrected chi connectivity index (χ4v) is 3.96. The lowest BCUT2D eigenvalue weighted by Crippen LogP contribution is -2.52. The zero-order valence-electron chi connectivity index (χ0n) is 28.6. The van der Waals surface area contributed by atoms with Gasteiger partial charge in [0.1, 0.15) is 6.04 Å². The Hall–Kier alpha value is -3.23. The number of carbonyl (C=O) groups excluding carboxylic acids is 3. The highest BCUT2D eigenvalue weighted by Gasteiger charge is 2.39. The van der Waals surface area contributed by atoms with Crippen molar-refractivity contribution in [3.63, 3.8) is 0 Å². The number of morpholine rings is 1. The van der Waals surface area contributed by atoms with E-state index in [0.717, 1.165) is 0 Å². The number of piperidine rings is 1. The maximum atomic E-state index is 13.6. The molecule has 172 valence electrons. The molecule has 0 bridgehead atoms. The molecule has 0 spiro atoms. The number of ether oxygens (including phenoxy) is 1. The summed E-state index contributed by atoms with van der Waals surface area (Å²) in [6, 6.07) is -5.43. The highest BCUT2D eigenvalue weighted by Crippen LogP contribution is 2.32. The predicted molar refractivity (Wildman–Crippen MR) is 122 cm³/mol. The number of imide groups is 1. The molecule has 8 nitrogen and oxygen atoms in total. The molecule has 2 fully saturated rings. The highest BCUT2D eigenvalue weighted by molar-refractivity contribution is 6.06. The molecule has 3 aliphatic rings. The molecule has 0 aromatic heterocycles. The third kappa shape index (κ3) is 4.49. The summed E-state index contributed by atoms with van der Waals surface area (Å²) >= 11 is 0. The number of nitrogens with one attached hydrogen (secondary N) is 2. The Labute approximate surface area is 208 Å². The summed E-state index contributed by atoms with van der Waals surface area (Å²) < 4.78 is 96.5. The average Bonchev–Trinajstić information content (AvgIpc) is 3.30. The standard InChI is InChI=1S/C25H28N4O4/c30-23-9-8-22(24(31)27-23)29-16-20-19(25(29)32)6-3-7-21(20)26-14-17-4-1-2-5-18(17)15-28-10-12-33-13-11-28/h1-7,22,26H,8-16H2,(H,27,30,31)/i1D,2D,3D,4D,5D,6D,7D,8D2,9D2. The van der Waals surface area contributed by atoms with Crippen molar-refractivity contribution in [1.82, 2.24) is 15.1 Å². The second-order valence-corrected chi connectivity index (χ2v) is 7.73. The van der Waals surface area contributed by atoms with E-state index in [1.54, 1.807) is 5.32 Å². The number of amides is 3. The van der Waals surface area contributed by atoms with Gasteiger partial charge in [-0.2, -0.15) is 0 Å². The smallest absolute Gasteiger partial charge is 0.255 e. The number of fused-ring (bicyclic) bond motifs is 1. The molecule has 3 aliphatic heterocycles. The van der Waals surface area contributed by atoms with Crippen LogP contribution in [0.3, 0.4) is 0 Å². The van der Waals surface area contributed by atoms with Crippen LogP contribution in [-0.2, 0) is 34.0 Å². The van der Waals surface area contributed by atoms with Gasteiger partial charge in [0, 0.05) is 61.4 Å². The SMILES string of the molecule is [2H]c1c([2H])c([2H])c(CN2CCOCC2)c(CNc2c([2H])c([2H])c([2H])c3c2CN(C2C(=O)NC(=O)C([2H])([2H])C2([2H])[2H])C3=O)c1[2H]. The Balaban J connectivity index is 1.54. The summed E-state index contributed by atoms with van der Waals surface area (Å²) in [6.45, 7) is 1.32. The summed E-state index contributed by atoms with van der Waals surface area (Å²) in [4.78, 5) is 41.0. The van der Waals surface area contributed by atoms with Crippen molar-refractivity contribution >= 4 is 23.4 Å². The number of carbonyl (C=O) groups is 3. The number of nitrogens with zero attached hydrogens (tertiary/aromatic N) is 2. The first-order chi connectivity index (χ1) is 20.5. The van der Waals surface area contributed by atoms with Crippen LogP contribution in [0.5, 0.6) is 0 Å². The molecule has 33 heavy (non-hydrogen) atoms. The first-order valence-electron chi connectivity index (χ1n) is 15.9. The topological polar surface area (TPSA) is 91.0 Å². The molecule has 1 atom stereocenters. The molecule has 2 saturated heterocycles. The molecular weight excluding hydrogens is 420 g/mol. The molecular formula is C25H28N4O4. The van der Waals surface area contributed by atoms with Crippen molar-refractivity contribution in [1.29, 1.82) is 0 Å². The van der Waals surface area contributed by atoms with Gasteiger partial charge in [-0.15, -0.1) is 0 Å². The van der Waals surface area contributed by atoms with Crippen molar-refractivity contribution in [2.45, 2.75) is 38.4 Å². The van der Waals surface area contributed by atoms with E-state index in [9.17, 15) is 14.4 Å². The summed E-state index contributed by atoms with van der Waals surface area (Å²) in [5.74, 6) is -3.83. The maximum Gasteiger partial charge on any atom is 0.255 e. The monoisotopic (exact) mass is 459 g/mol. The van der Waals surface area contributed by atoms with Crippen molar-refractivity contribution in [3.8, 4) is 0 Å². The van der Waals surface area contributed by atoms with Gasteiger partial charge in [0.2, 0.25) is 11.8 Å². The van der Waals surface area contributed by atoms with Crippen molar-refractivity contribution in [2.75, 3.05) is 31.6 Å². The number of anilines is 1. The van der Waals surface area contributed by atoms with E-state index in [0.29, 0.717) is 36.8 Å². The van der Waals surface area contributed by atoms with Gasteiger partial charge in [0.05, 0.1) is 22.8 Å². The van der Waals surface area contributed by atoms with Gasteiger partial charge in [0.25, 0.3) is 5.91 Å². The Morgan fingerprint density at radius 3 is 2.70 bits per heavy atom. The van der Waals surface area contributed by atoms with E-state index in [-0.39, 0.29) is 42.0 Å². The summed E-state index contributed by atoms with van der Waals surface area (Å²) in [5.41, 5.74) is -0.116. The van der Waals surface area contributed by atoms with Gasteiger partial charge in [0.15, 0.2) is 0 Å². The van der Waals surface area contributed by atoms with Gasteiger partial charge >= 0.3 is 0 Å². The van der Waals surface area contributed by atoms with Crippen LogP contribution in [0, 0.1) is 0 Å². The minimum Gasteiger partial charge on any atom is -0.381 e. The molecule has 3 heterocycles. The van der Waals surface area contributed by atoms with Crippen LogP contribution in [0.4, 0.5) is 5.69 Å². The van der Waals surface area contributed by atoms with Gasteiger partial charge in [-0.25, -0.2) is 0 Å². The van der Waals surface area contributed by atoms with Gasteiger partial charge in [-0.1, -0.05) is 30.2 Å². The quantitative estimate of drug-likeness (QED) is 0.641. The van der Waals surface area contributed by atoms with Gasteiger partial charge in [-0.05, 0) is 29.6 Å². The second kappa shape index (κ2) is 9.33. The first kappa shape index (κ1) is 12.3. The number of rotatable bonds is 6. The Morgan fingerprint density at radius 1 is 1.09 bits per heavy atom. The van der Waals surface area contributed by atoms with Crippen LogP contribution < -0.4 is 10.6 Å². The third-order valence-corrected chi connectivity index (χ3v) is 5.68. The van der Waals surface area contributed by atoms with Crippen LogP contribution >= 0.6 is 0 Å². The molecule has 2 aromatic carbocycles. The van der Waals surface area contributed by atoms with Crippen LogP contribution in [0.15, 0.2) is 42.3 Å². The minimum absolute atomic E-state index is 0.0439. The fourth-order valence-electron chi connectivity index (χ4n) is 3.96. The van der Waals surface area contributed by atoms with E-state index in [1.807, 2.05) is 4.90 Å². The zero-order valence-corrected chi connectivity index (χ0v) is 17.6. The lowest BCUT2D eigenvalue weighted by molar-refractivity contribution is -0.136. The predicted octanol–water partition coefficient (Wildman–Crippen LogP) is 1.89. The highest BCUT2D eigenvalue weighted by atomic mass is 16.5. The lowest BCUT2D eigenvalue weighted by atomic mass is 10.0. The van der Waals surface area contributed by atoms with Gasteiger partial charge < -0.3 is 15.0 Å². The second-order valence-electron chi connectivity index (χ2n) is 7.73. The van der Waals surface area contributed by atoms with Crippen molar-refractivity contribution in [2.24, 2.45) is 0 Å². The van der Waals surface area contributed by atoms with E-state index in [2.05, 4.69) is 5.32 Å². The van der Waals surface area contributed by atoms with Crippen molar-refractivity contribution in [3.05, 3.63) is 64.6 Å². The lowest BCUT2D eigenvalue weighted by Gasteiger charge is -2.29. The van der Waals surface area contributed by atoms with E-state index >= 15 is 0 Å². The number of hydrogen-bond donors (Lipinski definition) is 2. The Kier molecular flexibility index (Phi) is 3.48. The maximum absolute atomic E-state index is 13.6. The van der Waals surface area contributed by atoms with E-state index in [1.165, 1.54) is 0 Å². The Morgan fingerprint density at radius 2 is 1.88 bits per heavy atom. The van der Waals surface area contributed by atoms with Gasteiger partial charge in [-0.3, -0.25) is 24.6 Å². The molecule has 0 aliphatic carbocycles. The normalized spacial score (nSPS) is 29.0. The molecule has 2 N–H and O–H groups in total. The molecule has 3 amide bonds. The molecule has 2 aromatic rings. The molecule has 5 rings (SSSR count). The fraction of sp³-hybridized carbons (Fsp3) is 0.400. The zero-order chi connectivity index (χ0) is 32.5. The minimum atomic E-state index is -3.19. The molecule has 1 unspecified atom stereocenters. The molecule has 8 heteroatoms. The van der Waals surface area contributed by atoms with E-state index in [4.69, 9.17) is 19.8 Å². The molecule has 0 radical (unpaired) electrons. The molecule has 0 saturated carbocycles. The van der Waals surface area contributed by atoms with Crippen LogP contribution in [0.25, 0.3) is 0 Å². The van der Waals surface area contributed by atoms with Crippen molar-refractivity contribution < 1.29 is 34.2 Å². The largest absolute Gasteiger partial charge is 0.381 e. The summed E-state index contributed by atoms with van der Waals surface area (Å²) in [6.07, 6.45) is -6.37. The third-order valence-electron chi connectivity index (χ3n) is 5.68. The van der Waals surface area contributed by atoms with E-state index < -0.39 is 78.8 Å². The number of hydrogen-bond acceptors (Lipinski definition) is 6.